The standard InChI is InChI=1S/C27H31N5O4/c1-30-13-15-31(16-14-30)26(34)18-7-10-23(36-2)22(17-18)29-25(33)12-11-24-28-21-6-4-3-5-20(21)27(35)32(24)19-8-9-19/h3-7,10,17,19H,8-9,11-16H2,1-2H3,(H,29,33). The van der Waals surface area contributed by atoms with Crippen LogP contribution in [0.2, 0.25) is 0 Å². The first-order valence-corrected chi connectivity index (χ1v) is 12.4. The molecule has 0 atom stereocenters. The maximum absolute atomic E-state index is 13.1. The van der Waals surface area contributed by atoms with Gasteiger partial charge in [0, 0.05) is 50.6 Å². The zero-order chi connectivity index (χ0) is 25.2. The SMILES string of the molecule is COc1ccc(C(=O)N2CCN(C)CC2)cc1NC(=O)CCc1nc2ccccc2c(=O)n1C1CC1. The fourth-order valence-electron chi connectivity index (χ4n) is 4.65. The van der Waals surface area contributed by atoms with Gasteiger partial charge in [0.15, 0.2) is 0 Å². The molecule has 2 heterocycles. The molecule has 2 aromatic carbocycles. The smallest absolute Gasteiger partial charge is 0.261 e. The molecule has 1 aliphatic carbocycles. The zero-order valence-corrected chi connectivity index (χ0v) is 20.7. The number of methoxy groups -OCH3 is 1. The van der Waals surface area contributed by atoms with Crippen LogP contribution in [0.3, 0.4) is 0 Å². The van der Waals surface area contributed by atoms with E-state index in [1.807, 2.05) is 30.1 Å². The maximum Gasteiger partial charge on any atom is 0.261 e. The summed E-state index contributed by atoms with van der Waals surface area (Å²) in [6, 6.07) is 12.6. The van der Waals surface area contributed by atoms with Gasteiger partial charge >= 0.3 is 0 Å². The van der Waals surface area contributed by atoms with Crippen LogP contribution >= 0.6 is 0 Å². The van der Waals surface area contributed by atoms with Crippen molar-refractivity contribution < 1.29 is 14.3 Å². The van der Waals surface area contributed by atoms with Crippen LogP contribution in [-0.4, -0.2) is 71.5 Å². The molecule has 0 unspecified atom stereocenters. The average Bonchev–Trinajstić information content (AvgIpc) is 3.73. The molecular formula is C27H31N5O4. The molecule has 0 radical (unpaired) electrons. The van der Waals surface area contributed by atoms with Gasteiger partial charge in [0.2, 0.25) is 5.91 Å². The lowest BCUT2D eigenvalue weighted by Gasteiger charge is -2.32. The Bertz CT molecular complexity index is 1360. The third-order valence-electron chi connectivity index (χ3n) is 6.88. The molecule has 9 nitrogen and oxygen atoms in total. The van der Waals surface area contributed by atoms with Gasteiger partial charge in [0.1, 0.15) is 11.6 Å². The molecule has 9 heteroatoms. The predicted octanol–water partition coefficient (Wildman–Crippen LogP) is 2.70. The molecule has 2 amide bonds. The van der Waals surface area contributed by atoms with Crippen molar-refractivity contribution in [3.05, 3.63) is 64.2 Å². The van der Waals surface area contributed by atoms with Crippen LogP contribution in [0.4, 0.5) is 5.69 Å². The average molecular weight is 490 g/mol. The molecule has 2 aliphatic rings. The zero-order valence-electron chi connectivity index (χ0n) is 20.7. The molecule has 0 bridgehead atoms. The predicted molar refractivity (Wildman–Crippen MR) is 138 cm³/mol. The van der Waals surface area contributed by atoms with Crippen LogP contribution in [0.5, 0.6) is 5.75 Å². The first-order valence-electron chi connectivity index (χ1n) is 12.4. The second kappa shape index (κ2) is 10.1. The molecule has 3 aromatic rings. The van der Waals surface area contributed by atoms with E-state index in [1.165, 1.54) is 7.11 Å². The number of para-hydroxylation sites is 1. The highest BCUT2D eigenvalue weighted by Gasteiger charge is 2.28. The Kier molecular flexibility index (Phi) is 6.73. The first-order chi connectivity index (χ1) is 17.4. The lowest BCUT2D eigenvalue weighted by Crippen LogP contribution is -2.47. The summed E-state index contributed by atoms with van der Waals surface area (Å²) in [5.74, 6) is 0.816. The summed E-state index contributed by atoms with van der Waals surface area (Å²) in [6.07, 6.45) is 2.39. The minimum atomic E-state index is -0.234. The van der Waals surface area contributed by atoms with Crippen LogP contribution < -0.4 is 15.6 Å². The number of fused-ring (bicyclic) bond motifs is 1. The number of aryl methyl sites for hydroxylation is 1. The van der Waals surface area contributed by atoms with Crippen molar-refractivity contribution in [1.82, 2.24) is 19.4 Å². The van der Waals surface area contributed by atoms with Gasteiger partial charge in [-0.1, -0.05) is 12.1 Å². The number of likely N-dealkylation sites (N-methyl/N-ethyl adjacent to an activating group) is 1. The monoisotopic (exact) mass is 489 g/mol. The molecule has 1 aromatic heterocycles. The number of nitrogens with one attached hydrogen (secondary N) is 1. The van der Waals surface area contributed by atoms with Crippen molar-refractivity contribution in [2.45, 2.75) is 31.7 Å². The van der Waals surface area contributed by atoms with Crippen molar-refractivity contribution in [2.24, 2.45) is 0 Å². The van der Waals surface area contributed by atoms with E-state index in [0.717, 1.165) is 25.9 Å². The third-order valence-corrected chi connectivity index (χ3v) is 6.88. The number of anilines is 1. The highest BCUT2D eigenvalue weighted by atomic mass is 16.5. The van der Waals surface area contributed by atoms with Gasteiger partial charge in [-0.2, -0.15) is 0 Å². The van der Waals surface area contributed by atoms with Crippen LogP contribution in [0.25, 0.3) is 10.9 Å². The number of aromatic nitrogens is 2. The fourth-order valence-corrected chi connectivity index (χ4v) is 4.65. The highest BCUT2D eigenvalue weighted by molar-refractivity contribution is 5.98. The molecule has 1 saturated heterocycles. The molecule has 2 fully saturated rings. The van der Waals surface area contributed by atoms with Gasteiger partial charge in [-0.15, -0.1) is 0 Å². The number of hydrogen-bond donors (Lipinski definition) is 1. The summed E-state index contributed by atoms with van der Waals surface area (Å²) in [4.78, 5) is 47.7. The van der Waals surface area contributed by atoms with Crippen molar-refractivity contribution in [3.8, 4) is 5.75 Å². The van der Waals surface area contributed by atoms with Gasteiger partial charge in [0.05, 0.1) is 23.7 Å². The molecule has 36 heavy (non-hydrogen) atoms. The number of ether oxygens (including phenoxy) is 1. The third kappa shape index (κ3) is 4.97. The second-order valence-electron chi connectivity index (χ2n) is 9.51. The number of carbonyl (C=O) groups is 2. The molecule has 0 spiro atoms. The Labute approximate surface area is 209 Å². The van der Waals surface area contributed by atoms with Gasteiger partial charge in [0.25, 0.3) is 11.5 Å². The van der Waals surface area contributed by atoms with Crippen LogP contribution in [0.1, 0.15) is 41.5 Å². The van der Waals surface area contributed by atoms with Gasteiger partial charge in [-0.3, -0.25) is 19.0 Å². The fraction of sp³-hybridized carbons (Fsp3) is 0.407. The van der Waals surface area contributed by atoms with E-state index in [-0.39, 0.29) is 29.8 Å². The van der Waals surface area contributed by atoms with Gasteiger partial charge < -0.3 is 19.9 Å². The highest BCUT2D eigenvalue weighted by Crippen LogP contribution is 2.35. The summed E-state index contributed by atoms with van der Waals surface area (Å²) in [7, 11) is 3.57. The lowest BCUT2D eigenvalue weighted by atomic mass is 10.1. The first kappa shape index (κ1) is 24.0. The number of piperazine rings is 1. The van der Waals surface area contributed by atoms with Gasteiger partial charge in [-0.25, -0.2) is 4.98 Å². The Morgan fingerprint density at radius 3 is 2.56 bits per heavy atom. The second-order valence-corrected chi connectivity index (χ2v) is 9.51. The Hall–Kier alpha value is -3.72. The van der Waals surface area contributed by atoms with E-state index in [1.54, 1.807) is 28.8 Å². The van der Waals surface area contributed by atoms with E-state index < -0.39 is 0 Å². The minimum Gasteiger partial charge on any atom is -0.495 e. The normalized spacial score (nSPS) is 16.2. The van der Waals surface area contributed by atoms with Crippen molar-refractivity contribution in [3.63, 3.8) is 0 Å². The number of carbonyl (C=O) groups excluding carboxylic acids is 2. The summed E-state index contributed by atoms with van der Waals surface area (Å²) in [5, 5.41) is 3.50. The summed E-state index contributed by atoms with van der Waals surface area (Å²) in [5.41, 5.74) is 1.56. The number of amides is 2. The van der Waals surface area contributed by atoms with E-state index in [0.29, 0.717) is 53.2 Å². The van der Waals surface area contributed by atoms with E-state index >= 15 is 0 Å². The van der Waals surface area contributed by atoms with Crippen molar-refractivity contribution in [2.75, 3.05) is 45.7 Å². The number of hydrogen-bond acceptors (Lipinski definition) is 6. The Balaban J connectivity index is 1.31. The molecule has 1 saturated carbocycles. The number of benzene rings is 2. The van der Waals surface area contributed by atoms with Crippen LogP contribution in [-0.2, 0) is 11.2 Å². The van der Waals surface area contributed by atoms with E-state index in [2.05, 4.69) is 10.2 Å². The number of rotatable bonds is 7. The topological polar surface area (TPSA) is 96.8 Å². The molecule has 1 aliphatic heterocycles. The maximum atomic E-state index is 13.1. The molecular weight excluding hydrogens is 458 g/mol. The Morgan fingerprint density at radius 2 is 1.83 bits per heavy atom. The van der Waals surface area contributed by atoms with Crippen molar-refractivity contribution >= 4 is 28.4 Å². The summed E-state index contributed by atoms with van der Waals surface area (Å²) < 4.78 is 7.18. The quantitative estimate of drug-likeness (QED) is 0.548. The Morgan fingerprint density at radius 1 is 1.08 bits per heavy atom. The van der Waals surface area contributed by atoms with Crippen molar-refractivity contribution in [1.29, 1.82) is 0 Å². The van der Waals surface area contributed by atoms with Gasteiger partial charge in [-0.05, 0) is 50.2 Å². The minimum absolute atomic E-state index is 0.0460. The largest absolute Gasteiger partial charge is 0.495 e. The van der Waals surface area contributed by atoms with Crippen LogP contribution in [0, 0.1) is 0 Å². The molecule has 5 rings (SSSR count). The van der Waals surface area contributed by atoms with Crippen LogP contribution in [0.15, 0.2) is 47.3 Å². The number of nitrogens with zero attached hydrogens (tertiary/aromatic N) is 4. The van der Waals surface area contributed by atoms with E-state index in [4.69, 9.17) is 9.72 Å². The molecule has 1 N–H and O–H groups in total. The summed E-state index contributed by atoms with van der Waals surface area (Å²) in [6.45, 7) is 3.01. The molecule has 188 valence electrons. The lowest BCUT2D eigenvalue weighted by molar-refractivity contribution is -0.116. The van der Waals surface area contributed by atoms with E-state index in [9.17, 15) is 14.4 Å². The summed E-state index contributed by atoms with van der Waals surface area (Å²) >= 11 is 0.